The SMILES string of the molecule is COC(=O)C1=C(C)NC(C)=C(C(=O)OC)C1C(=O)OCC(=O)N[C@@H]1CCCC[C@H]1C. The Balaban J connectivity index is 2.17. The molecule has 1 heterocycles. The first-order valence-electron chi connectivity index (χ1n) is 10.0. The van der Waals surface area contributed by atoms with Gasteiger partial charge < -0.3 is 24.8 Å². The van der Waals surface area contributed by atoms with Crippen LogP contribution < -0.4 is 10.6 Å². The van der Waals surface area contributed by atoms with Gasteiger partial charge in [-0.05, 0) is 32.6 Å². The van der Waals surface area contributed by atoms with E-state index in [4.69, 9.17) is 14.2 Å². The first-order chi connectivity index (χ1) is 14.2. The Bertz CT molecular complexity index is 746. The zero-order valence-electron chi connectivity index (χ0n) is 18.1. The van der Waals surface area contributed by atoms with Crippen molar-refractivity contribution in [2.24, 2.45) is 11.8 Å². The molecule has 1 amide bonds. The lowest BCUT2D eigenvalue weighted by atomic mass is 9.85. The molecule has 0 unspecified atom stereocenters. The molecule has 2 N–H and O–H groups in total. The van der Waals surface area contributed by atoms with Gasteiger partial charge in [-0.2, -0.15) is 0 Å². The molecule has 0 aromatic rings. The molecule has 0 saturated heterocycles. The Morgan fingerprint density at radius 3 is 2.00 bits per heavy atom. The summed E-state index contributed by atoms with van der Waals surface area (Å²) in [5.41, 5.74) is 0.591. The van der Waals surface area contributed by atoms with Crippen molar-refractivity contribution in [1.82, 2.24) is 10.6 Å². The second kappa shape index (κ2) is 10.3. The smallest absolute Gasteiger partial charge is 0.336 e. The number of nitrogens with one attached hydrogen (secondary N) is 2. The number of allylic oxidation sites excluding steroid dienone is 2. The number of methoxy groups -OCH3 is 2. The molecule has 1 aliphatic heterocycles. The van der Waals surface area contributed by atoms with Crippen LogP contribution in [0.15, 0.2) is 22.5 Å². The van der Waals surface area contributed by atoms with Gasteiger partial charge in [-0.1, -0.05) is 19.8 Å². The van der Waals surface area contributed by atoms with E-state index in [1.165, 1.54) is 14.2 Å². The van der Waals surface area contributed by atoms with E-state index in [9.17, 15) is 19.2 Å². The topological polar surface area (TPSA) is 120 Å². The maximum Gasteiger partial charge on any atom is 0.336 e. The molecule has 1 aliphatic carbocycles. The van der Waals surface area contributed by atoms with Crippen LogP contribution in [0.1, 0.15) is 46.5 Å². The average Bonchev–Trinajstić information content (AvgIpc) is 2.72. The van der Waals surface area contributed by atoms with E-state index >= 15 is 0 Å². The summed E-state index contributed by atoms with van der Waals surface area (Å²) in [4.78, 5) is 49.8. The van der Waals surface area contributed by atoms with Gasteiger partial charge in [0.1, 0.15) is 5.92 Å². The fourth-order valence-corrected chi connectivity index (χ4v) is 3.99. The van der Waals surface area contributed by atoms with Crippen molar-refractivity contribution in [3.8, 4) is 0 Å². The van der Waals surface area contributed by atoms with Gasteiger partial charge in [0, 0.05) is 17.4 Å². The highest BCUT2D eigenvalue weighted by molar-refractivity contribution is 6.05. The molecule has 0 spiro atoms. The standard InChI is InChI=1S/C21H30N2O7/c1-11-8-6-7-9-14(11)23-15(24)10-30-21(27)18-16(19(25)28-4)12(2)22-13(3)17(18)20(26)29-5/h11,14,18,22H,6-10H2,1-5H3,(H,23,24)/t11-,14-/m1/s1. The number of hydrogen-bond donors (Lipinski definition) is 2. The van der Waals surface area contributed by atoms with Gasteiger partial charge in [0.05, 0.1) is 25.4 Å². The molecule has 30 heavy (non-hydrogen) atoms. The Morgan fingerprint density at radius 1 is 0.967 bits per heavy atom. The first-order valence-corrected chi connectivity index (χ1v) is 10.0. The summed E-state index contributed by atoms with van der Waals surface area (Å²) in [5, 5.41) is 5.79. The first kappa shape index (κ1) is 23.4. The fourth-order valence-electron chi connectivity index (χ4n) is 3.99. The molecule has 0 aromatic carbocycles. The van der Waals surface area contributed by atoms with Gasteiger partial charge >= 0.3 is 17.9 Å². The minimum Gasteiger partial charge on any atom is -0.466 e. The predicted molar refractivity (Wildman–Crippen MR) is 107 cm³/mol. The molecule has 0 bridgehead atoms. The zero-order chi connectivity index (χ0) is 22.4. The fraction of sp³-hybridized carbons (Fsp3) is 0.619. The van der Waals surface area contributed by atoms with Crippen LogP contribution in [0.3, 0.4) is 0 Å². The normalized spacial score (nSPS) is 22.2. The van der Waals surface area contributed by atoms with Gasteiger partial charge in [0.2, 0.25) is 0 Å². The molecular weight excluding hydrogens is 392 g/mol. The summed E-state index contributed by atoms with van der Waals surface area (Å²) in [6, 6.07) is 0.0457. The van der Waals surface area contributed by atoms with Crippen molar-refractivity contribution in [2.75, 3.05) is 20.8 Å². The highest BCUT2D eigenvalue weighted by atomic mass is 16.5. The molecule has 1 saturated carbocycles. The van der Waals surface area contributed by atoms with E-state index < -0.39 is 36.3 Å². The van der Waals surface area contributed by atoms with Crippen LogP contribution in [0.4, 0.5) is 0 Å². The van der Waals surface area contributed by atoms with Crippen molar-refractivity contribution in [3.05, 3.63) is 22.5 Å². The van der Waals surface area contributed by atoms with E-state index in [2.05, 4.69) is 17.6 Å². The molecule has 0 radical (unpaired) electrons. The minimum absolute atomic E-state index is 0.0457. The second-order valence-electron chi connectivity index (χ2n) is 7.66. The molecule has 2 atom stereocenters. The van der Waals surface area contributed by atoms with Gasteiger partial charge in [0.15, 0.2) is 6.61 Å². The number of ether oxygens (including phenoxy) is 3. The molecule has 2 rings (SSSR count). The van der Waals surface area contributed by atoms with Gasteiger partial charge in [-0.3, -0.25) is 9.59 Å². The van der Waals surface area contributed by atoms with Crippen LogP contribution >= 0.6 is 0 Å². The lowest BCUT2D eigenvalue weighted by Crippen LogP contribution is -2.43. The van der Waals surface area contributed by atoms with Crippen LogP contribution in [0.2, 0.25) is 0 Å². The summed E-state index contributed by atoms with van der Waals surface area (Å²) in [5.74, 6) is -3.88. The Morgan fingerprint density at radius 2 is 1.50 bits per heavy atom. The number of carbonyl (C=O) groups excluding carboxylic acids is 4. The zero-order valence-corrected chi connectivity index (χ0v) is 18.1. The van der Waals surface area contributed by atoms with Crippen LogP contribution in [-0.4, -0.2) is 50.7 Å². The van der Waals surface area contributed by atoms with E-state index in [0.717, 1.165) is 25.7 Å². The van der Waals surface area contributed by atoms with E-state index in [1.807, 2.05) is 0 Å². The summed E-state index contributed by atoms with van der Waals surface area (Å²) >= 11 is 0. The molecule has 1 fully saturated rings. The third kappa shape index (κ3) is 5.20. The van der Waals surface area contributed by atoms with Crippen molar-refractivity contribution in [3.63, 3.8) is 0 Å². The Kier molecular flexibility index (Phi) is 8.02. The van der Waals surface area contributed by atoms with Gasteiger partial charge in [-0.15, -0.1) is 0 Å². The molecule has 9 heteroatoms. The van der Waals surface area contributed by atoms with Crippen molar-refractivity contribution in [2.45, 2.75) is 52.5 Å². The maximum absolute atomic E-state index is 12.9. The molecule has 2 aliphatic rings. The van der Waals surface area contributed by atoms with Crippen LogP contribution in [-0.2, 0) is 33.4 Å². The van der Waals surface area contributed by atoms with E-state index in [-0.39, 0.29) is 17.2 Å². The number of dihydropyridines is 1. The lowest BCUT2D eigenvalue weighted by molar-refractivity contribution is -0.153. The number of rotatable bonds is 6. The Hall–Kier alpha value is -2.84. The Labute approximate surface area is 176 Å². The molecule has 0 aromatic heterocycles. The monoisotopic (exact) mass is 422 g/mol. The van der Waals surface area contributed by atoms with E-state index in [1.54, 1.807) is 13.8 Å². The summed E-state index contributed by atoms with van der Waals surface area (Å²) in [6.45, 7) is 4.74. The lowest BCUT2D eigenvalue weighted by Gasteiger charge is -2.30. The molecular formula is C21H30N2O7. The highest BCUT2D eigenvalue weighted by Crippen LogP contribution is 2.32. The summed E-state index contributed by atoms with van der Waals surface area (Å²) < 4.78 is 14.8. The summed E-state index contributed by atoms with van der Waals surface area (Å²) in [6.07, 6.45) is 4.11. The van der Waals surface area contributed by atoms with Crippen LogP contribution in [0.5, 0.6) is 0 Å². The quantitative estimate of drug-likeness (QED) is 0.486. The summed E-state index contributed by atoms with van der Waals surface area (Å²) in [7, 11) is 2.35. The number of hydrogen-bond acceptors (Lipinski definition) is 8. The second-order valence-corrected chi connectivity index (χ2v) is 7.66. The molecule has 9 nitrogen and oxygen atoms in total. The van der Waals surface area contributed by atoms with Crippen molar-refractivity contribution < 1.29 is 33.4 Å². The van der Waals surface area contributed by atoms with Crippen molar-refractivity contribution >= 4 is 23.8 Å². The largest absolute Gasteiger partial charge is 0.466 e. The highest BCUT2D eigenvalue weighted by Gasteiger charge is 2.42. The van der Waals surface area contributed by atoms with Crippen molar-refractivity contribution in [1.29, 1.82) is 0 Å². The number of amides is 1. The van der Waals surface area contributed by atoms with Crippen LogP contribution in [0, 0.1) is 11.8 Å². The average molecular weight is 422 g/mol. The maximum atomic E-state index is 12.9. The molecule has 166 valence electrons. The minimum atomic E-state index is -1.35. The van der Waals surface area contributed by atoms with E-state index in [0.29, 0.717) is 17.3 Å². The number of esters is 3. The third-order valence-corrected chi connectivity index (χ3v) is 5.61. The predicted octanol–water partition coefficient (Wildman–Crippen LogP) is 1.34. The van der Waals surface area contributed by atoms with Gasteiger partial charge in [0.25, 0.3) is 5.91 Å². The third-order valence-electron chi connectivity index (χ3n) is 5.61. The van der Waals surface area contributed by atoms with Crippen LogP contribution in [0.25, 0.3) is 0 Å². The van der Waals surface area contributed by atoms with Gasteiger partial charge in [-0.25, -0.2) is 9.59 Å². The number of carbonyl (C=O) groups is 4.